The zero-order valence-corrected chi connectivity index (χ0v) is 7.53. The van der Waals surface area contributed by atoms with Gasteiger partial charge < -0.3 is 14.6 Å². The topological polar surface area (TPSA) is 63.6 Å². The lowest BCUT2D eigenvalue weighted by Gasteiger charge is -2.21. The number of hydrogen-bond donors (Lipinski definition) is 1. The molecule has 0 aliphatic rings. The van der Waals surface area contributed by atoms with Crippen molar-refractivity contribution in [3.05, 3.63) is 0 Å². The van der Waals surface area contributed by atoms with Crippen molar-refractivity contribution < 1.29 is 19.4 Å². The first-order chi connectivity index (χ1) is 5.45. The maximum Gasteiger partial charge on any atom is 0.335 e. The van der Waals surface area contributed by atoms with Gasteiger partial charge in [-0.05, 0) is 6.92 Å². The summed E-state index contributed by atoms with van der Waals surface area (Å²) in [6.45, 7) is 4.78. The molecule has 0 saturated heterocycles. The first-order valence-electron chi connectivity index (χ1n) is 3.76. The molecule has 70 valence electrons. The van der Waals surface area contributed by atoms with Crippen LogP contribution in [0.5, 0.6) is 0 Å². The van der Waals surface area contributed by atoms with E-state index in [1.807, 2.05) is 0 Å². The summed E-state index contributed by atoms with van der Waals surface area (Å²) in [7, 11) is 0. The molecule has 0 aliphatic heterocycles. The minimum Gasteiger partial charge on any atom is -0.464 e. The summed E-state index contributed by atoms with van der Waals surface area (Å²) in [5, 5.41) is 9.27. The van der Waals surface area contributed by atoms with Gasteiger partial charge >= 0.3 is 5.97 Å². The molecule has 1 atom stereocenters. The van der Waals surface area contributed by atoms with E-state index in [2.05, 4.69) is 4.74 Å². The van der Waals surface area contributed by atoms with Gasteiger partial charge in [0.25, 0.3) is 0 Å². The Bertz CT molecular complexity index is 174. The van der Waals surface area contributed by atoms with Crippen LogP contribution in [0.2, 0.25) is 0 Å². The Hall–Kier alpha value is -0.900. The largest absolute Gasteiger partial charge is 0.464 e. The monoisotopic (exact) mass is 174 g/mol. The molecule has 0 aliphatic carbocycles. The third-order valence-electron chi connectivity index (χ3n) is 1.52. The van der Waals surface area contributed by atoms with Crippen molar-refractivity contribution in [3.8, 4) is 0 Å². The summed E-state index contributed by atoms with van der Waals surface area (Å²) in [5.41, 5.74) is -1.08. The Morgan fingerprint density at radius 3 is 2.50 bits per heavy atom. The predicted octanol–water partition coefficient (Wildman–Crippen LogP) is 0.135. The van der Waals surface area contributed by atoms with Crippen molar-refractivity contribution in [2.75, 3.05) is 6.61 Å². The van der Waals surface area contributed by atoms with Crippen LogP contribution in [0.15, 0.2) is 0 Å². The van der Waals surface area contributed by atoms with E-state index in [0.29, 0.717) is 6.29 Å². The Morgan fingerprint density at radius 1 is 1.67 bits per heavy atom. The summed E-state index contributed by atoms with van der Waals surface area (Å²) in [4.78, 5) is 21.3. The van der Waals surface area contributed by atoms with Gasteiger partial charge in [-0.3, -0.25) is 0 Å². The van der Waals surface area contributed by atoms with Crippen LogP contribution in [0.1, 0.15) is 20.8 Å². The molecule has 0 fully saturated rings. The Kier molecular flexibility index (Phi) is 3.89. The lowest BCUT2D eigenvalue weighted by molar-refractivity contribution is -0.160. The van der Waals surface area contributed by atoms with Gasteiger partial charge in [0.15, 0.2) is 6.10 Å². The minimum atomic E-state index is -1.38. The molecule has 1 N–H and O–H groups in total. The van der Waals surface area contributed by atoms with Crippen molar-refractivity contribution in [1.29, 1.82) is 0 Å². The van der Waals surface area contributed by atoms with Gasteiger partial charge in [-0.1, -0.05) is 13.8 Å². The molecule has 0 aromatic rings. The summed E-state index contributed by atoms with van der Waals surface area (Å²) >= 11 is 0. The van der Waals surface area contributed by atoms with E-state index in [1.54, 1.807) is 6.92 Å². The standard InChI is InChI=1S/C8H14O4/c1-4-12-7(11)6(10)8(2,3)5-9/h5-6,10H,4H2,1-3H3/t6-/m0/s1. The van der Waals surface area contributed by atoms with Crippen LogP contribution in [-0.2, 0) is 14.3 Å². The van der Waals surface area contributed by atoms with E-state index < -0.39 is 17.5 Å². The third kappa shape index (κ3) is 2.62. The van der Waals surface area contributed by atoms with E-state index in [-0.39, 0.29) is 6.61 Å². The maximum atomic E-state index is 10.9. The predicted molar refractivity (Wildman–Crippen MR) is 42.5 cm³/mol. The first kappa shape index (κ1) is 11.1. The van der Waals surface area contributed by atoms with Gasteiger partial charge in [-0.2, -0.15) is 0 Å². The fourth-order valence-electron chi connectivity index (χ4n) is 0.589. The lowest BCUT2D eigenvalue weighted by atomic mass is 9.88. The maximum absolute atomic E-state index is 10.9. The SMILES string of the molecule is CCOC(=O)[C@H](O)C(C)(C)C=O. The van der Waals surface area contributed by atoms with Crippen LogP contribution in [0.4, 0.5) is 0 Å². The fraction of sp³-hybridized carbons (Fsp3) is 0.750. The summed E-state index contributed by atoms with van der Waals surface area (Å²) in [5.74, 6) is -0.755. The number of hydrogen-bond acceptors (Lipinski definition) is 4. The number of rotatable bonds is 4. The summed E-state index contributed by atoms with van der Waals surface area (Å²) in [6, 6.07) is 0. The molecule has 12 heavy (non-hydrogen) atoms. The smallest absolute Gasteiger partial charge is 0.335 e. The number of aliphatic hydroxyl groups is 1. The van der Waals surface area contributed by atoms with Gasteiger partial charge in [0.2, 0.25) is 0 Å². The average Bonchev–Trinajstić information content (AvgIpc) is 2.03. The number of aldehydes is 1. The third-order valence-corrected chi connectivity index (χ3v) is 1.52. The highest BCUT2D eigenvalue weighted by Crippen LogP contribution is 2.17. The van der Waals surface area contributed by atoms with E-state index in [9.17, 15) is 14.7 Å². The molecule has 0 unspecified atom stereocenters. The molecule has 4 nitrogen and oxygen atoms in total. The Labute approximate surface area is 71.5 Å². The molecule has 4 heteroatoms. The van der Waals surface area contributed by atoms with Gasteiger partial charge in [-0.15, -0.1) is 0 Å². The van der Waals surface area contributed by atoms with Crippen LogP contribution in [0.25, 0.3) is 0 Å². The van der Waals surface area contributed by atoms with Gasteiger partial charge in [0.1, 0.15) is 6.29 Å². The number of ether oxygens (including phenoxy) is 1. The van der Waals surface area contributed by atoms with Crippen molar-refractivity contribution in [2.45, 2.75) is 26.9 Å². The molecule has 0 saturated carbocycles. The van der Waals surface area contributed by atoms with Crippen molar-refractivity contribution in [1.82, 2.24) is 0 Å². The van der Waals surface area contributed by atoms with E-state index >= 15 is 0 Å². The quantitative estimate of drug-likeness (QED) is 0.486. The van der Waals surface area contributed by atoms with Crippen LogP contribution < -0.4 is 0 Å². The zero-order valence-electron chi connectivity index (χ0n) is 7.53. The van der Waals surface area contributed by atoms with Crippen LogP contribution in [0.3, 0.4) is 0 Å². The number of carbonyl (C=O) groups is 2. The summed E-state index contributed by atoms with van der Waals surface area (Å²) < 4.78 is 4.54. The molecule has 0 heterocycles. The average molecular weight is 174 g/mol. The molecule has 0 bridgehead atoms. The molecular weight excluding hydrogens is 160 g/mol. The molecule has 0 aromatic carbocycles. The normalized spacial score (nSPS) is 13.7. The van der Waals surface area contributed by atoms with Crippen molar-refractivity contribution in [2.24, 2.45) is 5.41 Å². The molecule has 0 aromatic heterocycles. The van der Waals surface area contributed by atoms with Crippen LogP contribution in [0, 0.1) is 5.41 Å². The van der Waals surface area contributed by atoms with E-state index in [4.69, 9.17) is 0 Å². The number of esters is 1. The number of aliphatic hydroxyl groups excluding tert-OH is 1. The zero-order chi connectivity index (χ0) is 9.78. The lowest BCUT2D eigenvalue weighted by Crippen LogP contribution is -2.38. The molecular formula is C8H14O4. The van der Waals surface area contributed by atoms with Gasteiger partial charge in [0.05, 0.1) is 12.0 Å². The second kappa shape index (κ2) is 4.21. The Morgan fingerprint density at radius 2 is 2.17 bits per heavy atom. The number of carbonyl (C=O) groups excluding carboxylic acids is 2. The fourth-order valence-corrected chi connectivity index (χ4v) is 0.589. The highest BCUT2D eigenvalue weighted by molar-refractivity contribution is 5.80. The van der Waals surface area contributed by atoms with Crippen molar-refractivity contribution in [3.63, 3.8) is 0 Å². The molecule has 0 rings (SSSR count). The second-order valence-electron chi connectivity index (χ2n) is 3.09. The molecule has 0 spiro atoms. The molecule has 0 amide bonds. The van der Waals surface area contributed by atoms with Crippen LogP contribution >= 0.6 is 0 Å². The second-order valence-corrected chi connectivity index (χ2v) is 3.09. The minimum absolute atomic E-state index is 0.199. The highest BCUT2D eigenvalue weighted by atomic mass is 16.5. The first-order valence-corrected chi connectivity index (χ1v) is 3.76. The van der Waals surface area contributed by atoms with E-state index in [1.165, 1.54) is 13.8 Å². The Balaban J connectivity index is 4.27. The van der Waals surface area contributed by atoms with Crippen molar-refractivity contribution >= 4 is 12.3 Å². The summed E-state index contributed by atoms with van der Waals surface area (Å²) in [6.07, 6.45) is -0.843. The van der Waals surface area contributed by atoms with E-state index in [0.717, 1.165) is 0 Å². The molecule has 0 radical (unpaired) electrons. The highest BCUT2D eigenvalue weighted by Gasteiger charge is 2.34. The van der Waals surface area contributed by atoms with Crippen LogP contribution in [-0.4, -0.2) is 30.1 Å². The van der Waals surface area contributed by atoms with Gasteiger partial charge in [-0.25, -0.2) is 4.79 Å². The van der Waals surface area contributed by atoms with Gasteiger partial charge in [0, 0.05) is 0 Å².